The molecule has 1 aliphatic heterocycles. The van der Waals surface area contributed by atoms with Crippen LogP contribution in [0.1, 0.15) is 54.6 Å². The molecule has 0 unspecified atom stereocenters. The molecule has 2 aromatic rings. The number of urea groups is 1. The predicted octanol–water partition coefficient (Wildman–Crippen LogP) is 4.16. The summed E-state index contributed by atoms with van der Waals surface area (Å²) in [5.41, 5.74) is 4.02. The standard InChI is InChI=1S/C25H34N4O2/c1-19(2)27-25(31)26-17-20-11-13-21(14-12-20)24(30)28(3)18-22-9-5-6-10-23(22)29-15-7-4-8-16-29/h5-6,9-14,19H,4,7-8,15-18H2,1-3H3,(H2,26,27,31). The van der Waals surface area contributed by atoms with E-state index in [1.165, 1.54) is 30.5 Å². The minimum Gasteiger partial charge on any atom is -0.371 e. The molecule has 3 amide bonds. The molecule has 1 fully saturated rings. The van der Waals surface area contributed by atoms with Crippen molar-refractivity contribution in [3.8, 4) is 0 Å². The Kier molecular flexibility index (Phi) is 7.93. The van der Waals surface area contributed by atoms with Gasteiger partial charge in [0.05, 0.1) is 0 Å². The average Bonchev–Trinajstić information content (AvgIpc) is 2.78. The van der Waals surface area contributed by atoms with Gasteiger partial charge in [0.15, 0.2) is 0 Å². The molecule has 0 aromatic heterocycles. The normalized spacial score (nSPS) is 13.7. The lowest BCUT2D eigenvalue weighted by Gasteiger charge is -2.31. The first-order valence-corrected chi connectivity index (χ1v) is 11.2. The fourth-order valence-electron chi connectivity index (χ4n) is 3.90. The molecule has 2 N–H and O–H groups in total. The quantitative estimate of drug-likeness (QED) is 0.704. The van der Waals surface area contributed by atoms with Crippen molar-refractivity contribution in [2.24, 2.45) is 0 Å². The van der Waals surface area contributed by atoms with Crippen LogP contribution < -0.4 is 15.5 Å². The number of nitrogens with one attached hydrogen (secondary N) is 2. The van der Waals surface area contributed by atoms with E-state index in [0.29, 0.717) is 18.7 Å². The lowest BCUT2D eigenvalue weighted by Crippen LogP contribution is -2.39. The van der Waals surface area contributed by atoms with Crippen LogP contribution in [0.25, 0.3) is 0 Å². The summed E-state index contributed by atoms with van der Waals surface area (Å²) in [5.74, 6) is -0.00879. The van der Waals surface area contributed by atoms with Gasteiger partial charge in [0.25, 0.3) is 5.91 Å². The predicted molar refractivity (Wildman–Crippen MR) is 125 cm³/mol. The van der Waals surface area contributed by atoms with Crippen molar-refractivity contribution < 1.29 is 9.59 Å². The lowest BCUT2D eigenvalue weighted by molar-refractivity contribution is 0.0785. The van der Waals surface area contributed by atoms with Crippen LogP contribution in [-0.4, -0.2) is 43.0 Å². The van der Waals surface area contributed by atoms with Crippen molar-refractivity contribution in [1.29, 1.82) is 0 Å². The van der Waals surface area contributed by atoms with Crippen molar-refractivity contribution in [3.05, 3.63) is 65.2 Å². The summed E-state index contributed by atoms with van der Waals surface area (Å²) in [7, 11) is 1.85. The minimum atomic E-state index is -0.192. The van der Waals surface area contributed by atoms with Crippen LogP contribution >= 0.6 is 0 Å². The zero-order valence-corrected chi connectivity index (χ0v) is 18.9. The largest absolute Gasteiger partial charge is 0.371 e. The van der Waals surface area contributed by atoms with Crippen LogP contribution in [0.5, 0.6) is 0 Å². The number of para-hydroxylation sites is 1. The molecule has 1 saturated heterocycles. The van der Waals surface area contributed by atoms with E-state index in [0.717, 1.165) is 18.7 Å². The molecular formula is C25H34N4O2. The summed E-state index contributed by atoms with van der Waals surface area (Å²) in [5, 5.41) is 5.62. The molecule has 6 nitrogen and oxygen atoms in total. The van der Waals surface area contributed by atoms with Crippen LogP contribution in [0.2, 0.25) is 0 Å². The number of benzene rings is 2. The maximum absolute atomic E-state index is 13.0. The summed E-state index contributed by atoms with van der Waals surface area (Å²) >= 11 is 0. The molecule has 166 valence electrons. The van der Waals surface area contributed by atoms with Gasteiger partial charge in [-0.05, 0) is 62.4 Å². The number of piperidine rings is 1. The van der Waals surface area contributed by atoms with E-state index in [-0.39, 0.29) is 18.0 Å². The summed E-state index contributed by atoms with van der Waals surface area (Å²) < 4.78 is 0. The molecule has 31 heavy (non-hydrogen) atoms. The second-order valence-corrected chi connectivity index (χ2v) is 8.52. The molecule has 0 radical (unpaired) electrons. The van der Waals surface area contributed by atoms with Gasteiger partial charge < -0.3 is 20.4 Å². The zero-order chi connectivity index (χ0) is 22.2. The number of carbonyl (C=O) groups is 2. The highest BCUT2D eigenvalue weighted by Crippen LogP contribution is 2.25. The minimum absolute atomic E-state index is 0.00879. The molecular weight excluding hydrogens is 388 g/mol. The summed E-state index contributed by atoms with van der Waals surface area (Å²) in [6.45, 7) is 7.00. The molecule has 3 rings (SSSR count). The van der Waals surface area contributed by atoms with Gasteiger partial charge in [0, 0.05) is 50.5 Å². The van der Waals surface area contributed by atoms with Gasteiger partial charge >= 0.3 is 6.03 Å². The second kappa shape index (κ2) is 10.8. The Morgan fingerprint density at radius 3 is 2.35 bits per heavy atom. The number of anilines is 1. The number of carbonyl (C=O) groups excluding carboxylic acids is 2. The molecule has 0 aliphatic carbocycles. The van der Waals surface area contributed by atoms with Gasteiger partial charge in [0.2, 0.25) is 0 Å². The fourth-order valence-corrected chi connectivity index (χ4v) is 3.90. The van der Waals surface area contributed by atoms with E-state index in [1.807, 2.05) is 51.2 Å². The van der Waals surface area contributed by atoms with Gasteiger partial charge in [0.1, 0.15) is 0 Å². The first kappa shape index (κ1) is 22.7. The third-order valence-electron chi connectivity index (χ3n) is 5.52. The number of hydrogen-bond donors (Lipinski definition) is 2. The Bertz CT molecular complexity index is 873. The van der Waals surface area contributed by atoms with E-state index in [1.54, 1.807) is 4.90 Å². The van der Waals surface area contributed by atoms with E-state index >= 15 is 0 Å². The smallest absolute Gasteiger partial charge is 0.315 e. The highest BCUT2D eigenvalue weighted by molar-refractivity contribution is 5.94. The number of rotatable bonds is 7. The van der Waals surface area contributed by atoms with Gasteiger partial charge in [-0.3, -0.25) is 4.79 Å². The number of hydrogen-bond acceptors (Lipinski definition) is 3. The van der Waals surface area contributed by atoms with Crippen molar-refractivity contribution in [2.45, 2.75) is 52.2 Å². The molecule has 0 saturated carbocycles. The molecule has 1 aliphatic rings. The van der Waals surface area contributed by atoms with E-state index in [4.69, 9.17) is 0 Å². The lowest BCUT2D eigenvalue weighted by atomic mass is 10.1. The molecule has 2 aromatic carbocycles. The van der Waals surface area contributed by atoms with Crippen LogP contribution in [-0.2, 0) is 13.1 Å². The Balaban J connectivity index is 1.60. The van der Waals surface area contributed by atoms with Gasteiger partial charge in [-0.15, -0.1) is 0 Å². The van der Waals surface area contributed by atoms with Gasteiger partial charge in [-0.25, -0.2) is 4.79 Å². The highest BCUT2D eigenvalue weighted by atomic mass is 16.2. The Morgan fingerprint density at radius 2 is 1.68 bits per heavy atom. The third-order valence-corrected chi connectivity index (χ3v) is 5.52. The molecule has 0 atom stereocenters. The maximum atomic E-state index is 13.0. The van der Waals surface area contributed by atoms with Crippen LogP contribution in [0.4, 0.5) is 10.5 Å². The summed E-state index contributed by atoms with van der Waals surface area (Å²) in [6, 6.07) is 15.7. The van der Waals surface area contributed by atoms with Crippen molar-refractivity contribution in [1.82, 2.24) is 15.5 Å². The van der Waals surface area contributed by atoms with Crippen molar-refractivity contribution in [2.75, 3.05) is 25.0 Å². The molecule has 0 bridgehead atoms. The van der Waals surface area contributed by atoms with Crippen LogP contribution in [0, 0.1) is 0 Å². The summed E-state index contributed by atoms with van der Waals surface area (Å²) in [4.78, 5) is 28.9. The average molecular weight is 423 g/mol. The van der Waals surface area contributed by atoms with Crippen molar-refractivity contribution in [3.63, 3.8) is 0 Å². The monoisotopic (exact) mass is 422 g/mol. The molecule has 1 heterocycles. The number of amides is 3. The Labute approximate surface area is 185 Å². The van der Waals surface area contributed by atoms with E-state index in [2.05, 4.69) is 33.7 Å². The molecule has 0 spiro atoms. The SMILES string of the molecule is CC(C)NC(=O)NCc1ccc(C(=O)N(C)Cc2ccccc2N2CCCCC2)cc1. The first-order chi connectivity index (χ1) is 14.9. The van der Waals surface area contributed by atoms with Crippen LogP contribution in [0.15, 0.2) is 48.5 Å². The highest BCUT2D eigenvalue weighted by Gasteiger charge is 2.17. The molecule has 6 heteroatoms. The summed E-state index contributed by atoms with van der Waals surface area (Å²) in [6.07, 6.45) is 3.75. The first-order valence-electron chi connectivity index (χ1n) is 11.2. The fraction of sp³-hybridized carbons (Fsp3) is 0.440. The topological polar surface area (TPSA) is 64.7 Å². The van der Waals surface area contributed by atoms with Crippen molar-refractivity contribution >= 4 is 17.6 Å². The van der Waals surface area contributed by atoms with E-state index in [9.17, 15) is 9.59 Å². The number of nitrogens with zero attached hydrogens (tertiary/aromatic N) is 2. The third kappa shape index (κ3) is 6.48. The maximum Gasteiger partial charge on any atom is 0.315 e. The van der Waals surface area contributed by atoms with Gasteiger partial charge in [-0.1, -0.05) is 30.3 Å². The van der Waals surface area contributed by atoms with E-state index < -0.39 is 0 Å². The Hall–Kier alpha value is -3.02. The zero-order valence-electron chi connectivity index (χ0n) is 18.9. The Morgan fingerprint density at radius 1 is 1.00 bits per heavy atom. The second-order valence-electron chi connectivity index (χ2n) is 8.52. The van der Waals surface area contributed by atoms with Gasteiger partial charge in [-0.2, -0.15) is 0 Å². The van der Waals surface area contributed by atoms with Crippen LogP contribution in [0.3, 0.4) is 0 Å².